The SMILES string of the molecule is CC1C=C(N2C(=O)C3C4C=CC(C4)C3C2=O)C=CC1N1C(=O)C2C3C=CC(C3)C2C1=O. The molecular formula is C25H24N2O4. The van der Waals surface area contributed by atoms with E-state index in [0.717, 1.165) is 12.8 Å². The lowest BCUT2D eigenvalue weighted by atomic mass is 9.85. The second kappa shape index (κ2) is 5.72. The van der Waals surface area contributed by atoms with Crippen molar-refractivity contribution >= 4 is 23.6 Å². The Labute approximate surface area is 180 Å². The number of carbonyl (C=O) groups excluding carboxylic acids is 4. The number of rotatable bonds is 2. The third-order valence-corrected chi connectivity index (χ3v) is 8.97. The van der Waals surface area contributed by atoms with Gasteiger partial charge in [-0.25, -0.2) is 0 Å². The van der Waals surface area contributed by atoms with Crippen molar-refractivity contribution in [3.8, 4) is 0 Å². The number of nitrogens with zero attached hydrogens (tertiary/aromatic N) is 2. The highest BCUT2D eigenvalue weighted by Gasteiger charge is 2.62. The molecule has 7 rings (SSSR count). The molecular weight excluding hydrogens is 392 g/mol. The van der Waals surface area contributed by atoms with E-state index in [1.807, 2.05) is 19.1 Å². The lowest BCUT2D eigenvalue weighted by Crippen LogP contribution is -2.45. The summed E-state index contributed by atoms with van der Waals surface area (Å²) < 4.78 is 0. The second-order valence-corrected chi connectivity index (χ2v) is 10.4. The summed E-state index contributed by atoms with van der Waals surface area (Å²) in [6, 6.07) is -0.362. The number of fused-ring (bicyclic) bond motifs is 10. The number of allylic oxidation sites excluding steroid dienone is 5. The van der Waals surface area contributed by atoms with Gasteiger partial charge in [0.25, 0.3) is 0 Å². The highest BCUT2D eigenvalue weighted by atomic mass is 16.2. The summed E-state index contributed by atoms with van der Waals surface area (Å²) in [6.45, 7) is 1.95. The van der Waals surface area contributed by atoms with Gasteiger partial charge < -0.3 is 0 Å². The first-order valence-electron chi connectivity index (χ1n) is 11.5. The van der Waals surface area contributed by atoms with E-state index in [4.69, 9.17) is 0 Å². The van der Waals surface area contributed by atoms with Gasteiger partial charge in [0.1, 0.15) is 0 Å². The standard InChI is InChI=1S/C25H24N2O4/c1-11-8-16(26-22(28)18-12-2-3-13(9-12)19(18)23(26)29)6-7-17(11)27-24(30)20-14-4-5-15(10-14)21(20)25(27)31/h2-8,11-15,17-21H,9-10H2,1H3. The smallest absolute Gasteiger partial charge is 0.238 e. The molecule has 31 heavy (non-hydrogen) atoms. The van der Waals surface area contributed by atoms with Gasteiger partial charge in [-0.1, -0.05) is 43.4 Å². The first-order valence-corrected chi connectivity index (χ1v) is 11.5. The summed E-state index contributed by atoms with van der Waals surface area (Å²) in [5.74, 6) is -0.617. The van der Waals surface area contributed by atoms with Crippen LogP contribution in [0.4, 0.5) is 0 Å². The van der Waals surface area contributed by atoms with Crippen molar-refractivity contribution in [1.82, 2.24) is 9.80 Å². The van der Waals surface area contributed by atoms with Crippen LogP contribution in [0.2, 0.25) is 0 Å². The van der Waals surface area contributed by atoms with Crippen molar-refractivity contribution in [2.75, 3.05) is 0 Å². The van der Waals surface area contributed by atoms with Crippen molar-refractivity contribution in [3.63, 3.8) is 0 Å². The highest BCUT2D eigenvalue weighted by molar-refractivity contribution is 6.09. The molecule has 6 nitrogen and oxygen atoms in total. The van der Waals surface area contributed by atoms with Crippen LogP contribution in [0.25, 0.3) is 0 Å². The zero-order chi connectivity index (χ0) is 21.2. The van der Waals surface area contributed by atoms with Crippen molar-refractivity contribution in [2.45, 2.75) is 25.8 Å². The molecule has 2 saturated heterocycles. The third kappa shape index (κ3) is 2.04. The van der Waals surface area contributed by atoms with Crippen molar-refractivity contribution in [1.29, 1.82) is 0 Å². The van der Waals surface area contributed by atoms with E-state index in [-0.39, 0.29) is 82.9 Å². The van der Waals surface area contributed by atoms with Gasteiger partial charge in [0.05, 0.1) is 29.7 Å². The van der Waals surface area contributed by atoms with Gasteiger partial charge >= 0.3 is 0 Å². The maximum absolute atomic E-state index is 13.2. The quantitative estimate of drug-likeness (QED) is 0.510. The lowest BCUT2D eigenvalue weighted by Gasteiger charge is -2.32. The molecule has 10 atom stereocenters. The number of imide groups is 2. The molecule has 4 fully saturated rings. The van der Waals surface area contributed by atoms with Gasteiger partial charge in [-0.2, -0.15) is 0 Å². The van der Waals surface area contributed by atoms with Crippen LogP contribution in [-0.4, -0.2) is 39.5 Å². The van der Waals surface area contributed by atoms with Gasteiger partial charge in [0.2, 0.25) is 23.6 Å². The van der Waals surface area contributed by atoms with Crippen molar-refractivity contribution in [3.05, 3.63) is 48.2 Å². The summed E-state index contributed by atoms with van der Waals surface area (Å²) in [5, 5.41) is 0. The minimum atomic E-state index is -0.362. The van der Waals surface area contributed by atoms with E-state index < -0.39 is 0 Å². The van der Waals surface area contributed by atoms with E-state index in [0.29, 0.717) is 5.70 Å². The Bertz CT molecular complexity index is 1020. The molecule has 6 heteroatoms. The fourth-order valence-electron chi connectivity index (χ4n) is 7.64. The summed E-state index contributed by atoms with van der Waals surface area (Å²) in [5.41, 5.74) is 0.591. The van der Waals surface area contributed by atoms with Gasteiger partial charge in [0.15, 0.2) is 0 Å². The first kappa shape index (κ1) is 17.9. The van der Waals surface area contributed by atoms with Crippen LogP contribution >= 0.6 is 0 Å². The van der Waals surface area contributed by atoms with Gasteiger partial charge in [-0.3, -0.25) is 29.0 Å². The topological polar surface area (TPSA) is 74.8 Å². The molecule has 2 aliphatic heterocycles. The molecule has 2 saturated carbocycles. The summed E-state index contributed by atoms with van der Waals surface area (Å²) >= 11 is 0. The summed E-state index contributed by atoms with van der Waals surface area (Å²) in [4.78, 5) is 55.4. The van der Waals surface area contributed by atoms with E-state index in [2.05, 4.69) is 24.3 Å². The lowest BCUT2D eigenvalue weighted by molar-refractivity contribution is -0.144. The van der Waals surface area contributed by atoms with Crippen LogP contribution in [0.1, 0.15) is 19.8 Å². The average Bonchev–Trinajstić information content (AvgIpc) is 3.56. The van der Waals surface area contributed by atoms with E-state index in [1.54, 1.807) is 6.08 Å². The van der Waals surface area contributed by atoms with Crippen LogP contribution in [0.5, 0.6) is 0 Å². The summed E-state index contributed by atoms with van der Waals surface area (Å²) in [7, 11) is 0. The predicted molar refractivity (Wildman–Crippen MR) is 109 cm³/mol. The maximum atomic E-state index is 13.2. The minimum Gasteiger partial charge on any atom is -0.274 e. The molecule has 2 heterocycles. The number of amides is 4. The van der Waals surface area contributed by atoms with Crippen LogP contribution in [0.15, 0.2) is 48.2 Å². The highest BCUT2D eigenvalue weighted by Crippen LogP contribution is 2.55. The third-order valence-electron chi connectivity index (χ3n) is 8.97. The number of hydrogen-bond acceptors (Lipinski definition) is 4. The maximum Gasteiger partial charge on any atom is 0.238 e. The fraction of sp³-hybridized carbons (Fsp3) is 0.520. The van der Waals surface area contributed by atoms with Crippen molar-refractivity contribution in [2.24, 2.45) is 53.3 Å². The molecule has 0 spiro atoms. The van der Waals surface area contributed by atoms with Crippen LogP contribution in [-0.2, 0) is 19.2 Å². The Morgan fingerprint density at radius 2 is 1.13 bits per heavy atom. The molecule has 0 radical (unpaired) electrons. The fourth-order valence-corrected chi connectivity index (χ4v) is 7.64. The second-order valence-electron chi connectivity index (χ2n) is 10.4. The van der Waals surface area contributed by atoms with E-state index in [1.165, 1.54) is 9.80 Å². The van der Waals surface area contributed by atoms with Gasteiger partial charge in [-0.15, -0.1) is 0 Å². The van der Waals surface area contributed by atoms with Crippen LogP contribution < -0.4 is 0 Å². The molecule has 7 aliphatic rings. The predicted octanol–water partition coefficient (Wildman–Crippen LogP) is 2.06. The molecule has 4 amide bonds. The Morgan fingerprint density at radius 3 is 1.58 bits per heavy atom. The molecule has 10 unspecified atom stereocenters. The van der Waals surface area contributed by atoms with E-state index in [9.17, 15) is 19.2 Å². The minimum absolute atomic E-state index is 0.0595. The molecule has 0 aromatic rings. The zero-order valence-corrected chi connectivity index (χ0v) is 17.3. The zero-order valence-electron chi connectivity index (χ0n) is 17.3. The average molecular weight is 416 g/mol. The molecule has 158 valence electrons. The molecule has 0 N–H and O–H groups in total. The van der Waals surface area contributed by atoms with Crippen molar-refractivity contribution < 1.29 is 19.2 Å². The Balaban J connectivity index is 1.15. The van der Waals surface area contributed by atoms with E-state index >= 15 is 0 Å². The summed E-state index contributed by atoms with van der Waals surface area (Å²) in [6.07, 6.45) is 15.7. The van der Waals surface area contributed by atoms with Gasteiger partial charge in [-0.05, 0) is 42.6 Å². The Hall–Kier alpha value is -2.76. The number of likely N-dealkylation sites (tertiary alicyclic amines) is 2. The first-order chi connectivity index (χ1) is 15.0. The van der Waals surface area contributed by atoms with Crippen LogP contribution in [0.3, 0.4) is 0 Å². The monoisotopic (exact) mass is 416 g/mol. The van der Waals surface area contributed by atoms with Crippen LogP contribution in [0, 0.1) is 53.3 Å². The molecule has 0 aromatic carbocycles. The Kier molecular flexibility index (Phi) is 3.30. The normalized spacial score (nSPS) is 48.5. The molecule has 4 bridgehead atoms. The van der Waals surface area contributed by atoms with Gasteiger partial charge in [0, 0.05) is 11.6 Å². The molecule has 5 aliphatic carbocycles. The number of hydrogen-bond donors (Lipinski definition) is 0. The largest absolute Gasteiger partial charge is 0.274 e. The molecule has 0 aromatic heterocycles. The number of carbonyl (C=O) groups is 4. The Morgan fingerprint density at radius 1 is 0.677 bits per heavy atom.